The summed E-state index contributed by atoms with van der Waals surface area (Å²) < 4.78 is 1.40. The van der Waals surface area contributed by atoms with Gasteiger partial charge in [0.2, 0.25) is 0 Å². The third-order valence-corrected chi connectivity index (χ3v) is 6.60. The van der Waals surface area contributed by atoms with Crippen molar-refractivity contribution < 1.29 is 4.79 Å². The highest BCUT2D eigenvalue weighted by Gasteiger charge is 2.17. The number of amides is 1. The van der Waals surface area contributed by atoms with E-state index in [2.05, 4.69) is 38.2 Å². The van der Waals surface area contributed by atoms with Crippen LogP contribution in [0.1, 0.15) is 21.5 Å². The molecule has 36 heavy (non-hydrogen) atoms. The fraction of sp³-hybridized carbons (Fsp3) is 0.259. The number of piperazine rings is 1. The molecule has 1 aliphatic heterocycles. The van der Waals surface area contributed by atoms with Crippen molar-refractivity contribution in [3.8, 4) is 0 Å². The van der Waals surface area contributed by atoms with Gasteiger partial charge in [0.05, 0.1) is 17.5 Å². The summed E-state index contributed by atoms with van der Waals surface area (Å²) in [5, 5.41) is 3.11. The highest BCUT2D eigenvalue weighted by Crippen LogP contribution is 2.24. The molecule has 1 aliphatic rings. The van der Waals surface area contributed by atoms with Crippen LogP contribution < -0.4 is 21.5 Å². The van der Waals surface area contributed by atoms with Crippen molar-refractivity contribution in [2.75, 3.05) is 43.4 Å². The number of aromatic nitrogens is 3. The number of likely N-dealkylation sites (N-methyl/N-ethyl adjacent to an activating group) is 1. The van der Waals surface area contributed by atoms with Crippen LogP contribution in [0.25, 0.3) is 11.0 Å². The Hall–Kier alpha value is -4.24. The Kier molecular flexibility index (Phi) is 6.39. The van der Waals surface area contributed by atoms with Gasteiger partial charge in [-0.2, -0.15) is 0 Å². The lowest BCUT2D eigenvalue weighted by Gasteiger charge is -2.34. The summed E-state index contributed by atoms with van der Waals surface area (Å²) in [4.78, 5) is 49.4. The maximum Gasteiger partial charge on any atom is 0.330 e. The van der Waals surface area contributed by atoms with Crippen LogP contribution in [0.3, 0.4) is 0 Å². The third kappa shape index (κ3) is 4.78. The molecule has 1 fully saturated rings. The van der Waals surface area contributed by atoms with Crippen molar-refractivity contribution in [3.63, 3.8) is 0 Å². The normalized spacial score (nSPS) is 14.2. The predicted molar refractivity (Wildman–Crippen MR) is 141 cm³/mol. The molecule has 5 rings (SSSR count). The van der Waals surface area contributed by atoms with E-state index in [1.54, 1.807) is 0 Å². The average molecular weight is 485 g/mol. The molecule has 1 saturated heterocycles. The number of carbonyl (C=O) groups excluding carboxylic acids is 1. The fourth-order valence-corrected chi connectivity index (χ4v) is 4.45. The Balaban J connectivity index is 1.39. The Morgan fingerprint density at radius 1 is 1.03 bits per heavy atom. The molecule has 1 amide bonds. The molecule has 2 aromatic heterocycles. The monoisotopic (exact) mass is 484 g/mol. The molecule has 2 N–H and O–H groups in total. The van der Waals surface area contributed by atoms with E-state index in [0.717, 1.165) is 43.0 Å². The molecule has 0 radical (unpaired) electrons. The molecule has 2 aromatic carbocycles. The number of hydrogen-bond acceptors (Lipinski definition) is 6. The van der Waals surface area contributed by atoms with Crippen LogP contribution in [0.5, 0.6) is 0 Å². The second-order valence-corrected chi connectivity index (χ2v) is 9.17. The summed E-state index contributed by atoms with van der Waals surface area (Å²) in [7, 11) is 2.12. The zero-order valence-electron chi connectivity index (χ0n) is 20.3. The number of carbonyl (C=O) groups is 1. The summed E-state index contributed by atoms with van der Waals surface area (Å²) >= 11 is 0. The van der Waals surface area contributed by atoms with Crippen molar-refractivity contribution in [3.05, 3.63) is 98.3 Å². The number of pyridine rings is 1. The molecule has 9 heteroatoms. The van der Waals surface area contributed by atoms with E-state index in [4.69, 9.17) is 0 Å². The molecule has 0 atom stereocenters. The van der Waals surface area contributed by atoms with Gasteiger partial charge in [-0.05, 0) is 49.4 Å². The number of rotatable bonds is 5. The maximum atomic E-state index is 13.0. The first-order valence-electron chi connectivity index (χ1n) is 11.9. The number of aryl methyl sites for hydroxylation is 1. The lowest BCUT2D eigenvalue weighted by molar-refractivity contribution is 0.102. The number of H-pyrrole nitrogens is 1. The lowest BCUT2D eigenvalue weighted by Crippen LogP contribution is -2.44. The van der Waals surface area contributed by atoms with Gasteiger partial charge in [0.15, 0.2) is 0 Å². The minimum Gasteiger partial charge on any atom is -0.369 e. The standard InChI is InChI=1S/C27H28N6O3/c1-18-14-21(32-12-10-31(2)11-13-32)8-9-23(18)29-25(34)20-15-22-24(28-16-20)33(27(36)30-26(22)35)17-19-6-4-3-5-7-19/h3-9,14-16H,10-13,17H2,1-2H3,(H,29,34)(H,30,35,36). The fourth-order valence-electron chi connectivity index (χ4n) is 4.45. The Labute approximate surface area is 208 Å². The largest absolute Gasteiger partial charge is 0.369 e. The van der Waals surface area contributed by atoms with Crippen LogP contribution in [0.4, 0.5) is 11.4 Å². The highest BCUT2D eigenvalue weighted by molar-refractivity contribution is 6.06. The topological polar surface area (TPSA) is 103 Å². The quantitative estimate of drug-likeness (QED) is 0.451. The van der Waals surface area contributed by atoms with Crippen molar-refractivity contribution >= 4 is 28.3 Å². The molecule has 184 valence electrons. The van der Waals surface area contributed by atoms with Gasteiger partial charge in [-0.1, -0.05) is 30.3 Å². The van der Waals surface area contributed by atoms with E-state index in [1.165, 1.54) is 16.8 Å². The second-order valence-electron chi connectivity index (χ2n) is 9.17. The van der Waals surface area contributed by atoms with E-state index < -0.39 is 11.2 Å². The van der Waals surface area contributed by atoms with Gasteiger partial charge < -0.3 is 15.1 Å². The highest BCUT2D eigenvalue weighted by atomic mass is 16.2. The number of anilines is 2. The van der Waals surface area contributed by atoms with Crippen LogP contribution >= 0.6 is 0 Å². The van der Waals surface area contributed by atoms with Crippen LogP contribution in [0.15, 0.2) is 70.4 Å². The van der Waals surface area contributed by atoms with E-state index in [0.29, 0.717) is 5.69 Å². The van der Waals surface area contributed by atoms with Crippen LogP contribution in [-0.2, 0) is 6.54 Å². The molecule has 4 aromatic rings. The summed E-state index contributed by atoms with van der Waals surface area (Å²) in [6, 6.07) is 16.9. The van der Waals surface area contributed by atoms with Gasteiger partial charge in [0, 0.05) is 43.8 Å². The molecule has 0 unspecified atom stereocenters. The minimum absolute atomic E-state index is 0.181. The van der Waals surface area contributed by atoms with Gasteiger partial charge in [0.1, 0.15) is 5.65 Å². The Bertz CT molecular complexity index is 1540. The van der Waals surface area contributed by atoms with Crippen molar-refractivity contribution in [1.82, 2.24) is 19.4 Å². The summed E-state index contributed by atoms with van der Waals surface area (Å²) in [6.45, 7) is 6.18. The van der Waals surface area contributed by atoms with Crippen molar-refractivity contribution in [2.24, 2.45) is 0 Å². The van der Waals surface area contributed by atoms with Crippen molar-refractivity contribution in [2.45, 2.75) is 13.5 Å². The number of aromatic amines is 1. The zero-order valence-corrected chi connectivity index (χ0v) is 20.3. The summed E-state index contributed by atoms with van der Waals surface area (Å²) in [5.74, 6) is -0.375. The van der Waals surface area contributed by atoms with Gasteiger partial charge >= 0.3 is 5.69 Å². The SMILES string of the molecule is Cc1cc(N2CCN(C)CC2)ccc1NC(=O)c1cnc2c(c1)c(=O)[nH]c(=O)n2Cc1ccccc1. The molecule has 9 nitrogen and oxygen atoms in total. The Morgan fingerprint density at radius 2 is 1.78 bits per heavy atom. The number of hydrogen-bond donors (Lipinski definition) is 2. The van der Waals surface area contributed by atoms with Crippen LogP contribution in [0.2, 0.25) is 0 Å². The maximum absolute atomic E-state index is 13.0. The number of nitrogens with one attached hydrogen (secondary N) is 2. The zero-order chi connectivity index (χ0) is 25.2. The summed E-state index contributed by atoms with van der Waals surface area (Å²) in [5.41, 5.74) is 3.02. The first-order valence-corrected chi connectivity index (χ1v) is 11.9. The second kappa shape index (κ2) is 9.79. The van der Waals surface area contributed by atoms with Crippen LogP contribution in [0, 0.1) is 6.92 Å². The van der Waals surface area contributed by atoms with Crippen molar-refractivity contribution in [1.29, 1.82) is 0 Å². The predicted octanol–water partition coefficient (Wildman–Crippen LogP) is 2.45. The minimum atomic E-state index is -0.575. The van der Waals surface area contributed by atoms with E-state index in [-0.39, 0.29) is 29.0 Å². The molecular weight excluding hydrogens is 456 g/mol. The van der Waals surface area contributed by atoms with E-state index in [9.17, 15) is 14.4 Å². The smallest absolute Gasteiger partial charge is 0.330 e. The number of nitrogens with zero attached hydrogens (tertiary/aromatic N) is 4. The van der Waals surface area contributed by atoms with Gasteiger partial charge in [-0.3, -0.25) is 19.1 Å². The lowest BCUT2D eigenvalue weighted by atomic mass is 10.1. The molecule has 0 bridgehead atoms. The third-order valence-electron chi connectivity index (χ3n) is 6.60. The van der Waals surface area contributed by atoms with Gasteiger partial charge in [-0.15, -0.1) is 0 Å². The Morgan fingerprint density at radius 3 is 2.50 bits per heavy atom. The first-order chi connectivity index (χ1) is 17.4. The molecule has 3 heterocycles. The molecular formula is C27H28N6O3. The molecule has 0 aliphatic carbocycles. The van der Waals surface area contributed by atoms with E-state index >= 15 is 0 Å². The summed E-state index contributed by atoms with van der Waals surface area (Å²) in [6.07, 6.45) is 1.39. The van der Waals surface area contributed by atoms with Gasteiger partial charge in [0.25, 0.3) is 11.5 Å². The first kappa shape index (κ1) is 23.5. The van der Waals surface area contributed by atoms with Gasteiger partial charge in [-0.25, -0.2) is 9.78 Å². The van der Waals surface area contributed by atoms with Crippen LogP contribution in [-0.4, -0.2) is 58.6 Å². The average Bonchev–Trinajstić information content (AvgIpc) is 2.88. The number of fused-ring (bicyclic) bond motifs is 1. The molecule has 0 saturated carbocycles. The van der Waals surface area contributed by atoms with E-state index in [1.807, 2.05) is 49.4 Å². The molecule has 0 spiro atoms. The number of benzene rings is 2.